The first-order valence-corrected chi connectivity index (χ1v) is 6.79. The van der Waals surface area contributed by atoms with Crippen LogP contribution in [0.15, 0.2) is 18.2 Å². The summed E-state index contributed by atoms with van der Waals surface area (Å²) in [7, 11) is 0. The molecule has 0 radical (unpaired) electrons. The van der Waals surface area contributed by atoms with Crippen LogP contribution in [0.3, 0.4) is 0 Å². The van der Waals surface area contributed by atoms with Gasteiger partial charge in [0.1, 0.15) is 5.82 Å². The van der Waals surface area contributed by atoms with Gasteiger partial charge >= 0.3 is 0 Å². The lowest BCUT2D eigenvalue weighted by atomic mass is 9.73. The van der Waals surface area contributed by atoms with Crippen LogP contribution < -0.4 is 5.32 Å². The number of nitrogens with zero attached hydrogens (tertiary/aromatic N) is 1. The van der Waals surface area contributed by atoms with Crippen LogP contribution in [0.1, 0.15) is 43.2 Å². The van der Waals surface area contributed by atoms with E-state index in [1.807, 2.05) is 6.07 Å². The van der Waals surface area contributed by atoms with E-state index in [1.54, 1.807) is 12.1 Å². The summed E-state index contributed by atoms with van der Waals surface area (Å²) in [5.41, 5.74) is -0.470. The molecule has 1 aromatic rings. The average molecular weight is 260 g/mol. The second-order valence-corrected chi connectivity index (χ2v) is 5.74. The summed E-state index contributed by atoms with van der Waals surface area (Å²) in [5, 5.41) is 23.1. The molecule has 0 spiro atoms. The SMILES string of the molecule is N#Cc1ccc(C2(O)CC3CCCC(C2)N3)c(F)c1. The van der Waals surface area contributed by atoms with Crippen LogP contribution in [0.4, 0.5) is 4.39 Å². The number of nitrogens with one attached hydrogen (secondary N) is 1. The molecule has 0 amide bonds. The molecule has 3 rings (SSSR count). The van der Waals surface area contributed by atoms with Gasteiger partial charge in [-0.15, -0.1) is 0 Å². The molecule has 2 N–H and O–H groups in total. The fraction of sp³-hybridized carbons (Fsp3) is 0.533. The molecule has 2 aliphatic heterocycles. The normalized spacial score (nSPS) is 33.7. The van der Waals surface area contributed by atoms with Gasteiger partial charge in [0.15, 0.2) is 0 Å². The van der Waals surface area contributed by atoms with Crippen LogP contribution in [0, 0.1) is 17.1 Å². The Morgan fingerprint density at radius 1 is 1.32 bits per heavy atom. The van der Waals surface area contributed by atoms with Gasteiger partial charge in [-0.1, -0.05) is 12.5 Å². The van der Waals surface area contributed by atoms with Crippen molar-refractivity contribution >= 4 is 0 Å². The van der Waals surface area contributed by atoms with E-state index in [2.05, 4.69) is 5.32 Å². The molecule has 0 aromatic heterocycles. The van der Waals surface area contributed by atoms with Crippen LogP contribution in [-0.2, 0) is 5.60 Å². The molecule has 2 bridgehead atoms. The molecular weight excluding hydrogens is 243 g/mol. The summed E-state index contributed by atoms with van der Waals surface area (Å²) in [5.74, 6) is -0.471. The molecule has 4 heteroatoms. The second-order valence-electron chi connectivity index (χ2n) is 5.74. The third kappa shape index (κ3) is 2.24. The van der Waals surface area contributed by atoms with E-state index in [4.69, 9.17) is 5.26 Å². The molecular formula is C15H17FN2O. The Balaban J connectivity index is 1.94. The highest BCUT2D eigenvalue weighted by molar-refractivity contribution is 5.36. The van der Waals surface area contributed by atoms with Crippen molar-refractivity contribution in [3.05, 3.63) is 35.1 Å². The van der Waals surface area contributed by atoms with E-state index in [1.165, 1.54) is 12.5 Å². The number of hydrogen-bond acceptors (Lipinski definition) is 3. The molecule has 0 aliphatic carbocycles. The topological polar surface area (TPSA) is 56.0 Å². The Hall–Kier alpha value is -1.44. The Bertz CT molecular complexity index is 525. The van der Waals surface area contributed by atoms with Crippen molar-refractivity contribution in [2.75, 3.05) is 0 Å². The van der Waals surface area contributed by atoms with Crippen molar-refractivity contribution in [2.24, 2.45) is 0 Å². The minimum atomic E-state index is -1.10. The van der Waals surface area contributed by atoms with Crippen LogP contribution in [0.25, 0.3) is 0 Å². The van der Waals surface area contributed by atoms with E-state index < -0.39 is 11.4 Å². The largest absolute Gasteiger partial charge is 0.385 e. The van der Waals surface area contributed by atoms with Crippen molar-refractivity contribution in [1.29, 1.82) is 5.26 Å². The molecule has 2 fully saturated rings. The van der Waals surface area contributed by atoms with Crippen molar-refractivity contribution < 1.29 is 9.50 Å². The van der Waals surface area contributed by atoms with Gasteiger partial charge in [-0.2, -0.15) is 5.26 Å². The Morgan fingerprint density at radius 2 is 2.00 bits per heavy atom. The average Bonchev–Trinajstić information content (AvgIpc) is 2.37. The van der Waals surface area contributed by atoms with Gasteiger partial charge < -0.3 is 10.4 Å². The van der Waals surface area contributed by atoms with E-state index in [0.717, 1.165) is 12.8 Å². The second kappa shape index (κ2) is 4.59. The maximum Gasteiger partial charge on any atom is 0.130 e. The summed E-state index contributed by atoms with van der Waals surface area (Å²) >= 11 is 0. The van der Waals surface area contributed by atoms with Crippen LogP contribution in [-0.4, -0.2) is 17.2 Å². The highest BCUT2D eigenvalue weighted by atomic mass is 19.1. The first kappa shape index (κ1) is 12.6. The van der Waals surface area contributed by atoms with E-state index >= 15 is 0 Å². The standard InChI is InChI=1S/C15H17FN2O/c16-14-6-10(9-17)4-5-13(14)15(19)7-11-2-1-3-12(8-15)18-11/h4-6,11-12,18-19H,1-3,7-8H2. The number of halogens is 1. The zero-order chi connectivity index (χ0) is 13.5. The highest BCUT2D eigenvalue weighted by Gasteiger charge is 2.43. The quantitative estimate of drug-likeness (QED) is 0.813. The molecule has 2 atom stereocenters. The molecule has 2 aliphatic rings. The number of rotatable bonds is 1. The third-order valence-corrected chi connectivity index (χ3v) is 4.34. The van der Waals surface area contributed by atoms with E-state index in [9.17, 15) is 9.50 Å². The number of aliphatic hydroxyl groups is 1. The first-order chi connectivity index (χ1) is 9.10. The molecule has 100 valence electrons. The number of piperidine rings is 2. The van der Waals surface area contributed by atoms with Gasteiger partial charge in [0, 0.05) is 17.6 Å². The summed E-state index contributed by atoms with van der Waals surface area (Å²) in [4.78, 5) is 0. The molecule has 2 saturated heterocycles. The zero-order valence-corrected chi connectivity index (χ0v) is 10.7. The lowest BCUT2D eigenvalue weighted by Gasteiger charge is -2.45. The minimum Gasteiger partial charge on any atom is -0.385 e. The summed E-state index contributed by atoms with van der Waals surface area (Å²) < 4.78 is 14.1. The molecule has 1 aromatic carbocycles. The van der Waals surface area contributed by atoms with Crippen molar-refractivity contribution in [2.45, 2.75) is 49.8 Å². The predicted molar refractivity (Wildman–Crippen MR) is 68.8 cm³/mol. The third-order valence-electron chi connectivity index (χ3n) is 4.34. The van der Waals surface area contributed by atoms with Crippen molar-refractivity contribution in [3.63, 3.8) is 0 Å². The molecule has 19 heavy (non-hydrogen) atoms. The number of benzene rings is 1. The number of hydrogen-bond donors (Lipinski definition) is 2. The van der Waals surface area contributed by atoms with Gasteiger partial charge in [0.2, 0.25) is 0 Å². The van der Waals surface area contributed by atoms with Crippen LogP contribution in [0.5, 0.6) is 0 Å². The molecule has 2 heterocycles. The summed E-state index contributed by atoms with van der Waals surface area (Å²) in [6.45, 7) is 0. The Kier molecular flexibility index (Phi) is 3.04. The monoisotopic (exact) mass is 260 g/mol. The van der Waals surface area contributed by atoms with Crippen molar-refractivity contribution in [1.82, 2.24) is 5.32 Å². The maximum absolute atomic E-state index is 14.1. The van der Waals surface area contributed by atoms with Crippen LogP contribution >= 0.6 is 0 Å². The summed E-state index contributed by atoms with van der Waals surface area (Å²) in [6.07, 6.45) is 4.35. The Labute approximate surface area is 112 Å². The van der Waals surface area contributed by atoms with Crippen LogP contribution in [0.2, 0.25) is 0 Å². The minimum absolute atomic E-state index is 0.271. The molecule has 3 nitrogen and oxygen atoms in total. The lowest BCUT2D eigenvalue weighted by molar-refractivity contribution is -0.0383. The zero-order valence-electron chi connectivity index (χ0n) is 10.7. The van der Waals surface area contributed by atoms with Gasteiger partial charge in [0.25, 0.3) is 0 Å². The molecule has 2 unspecified atom stereocenters. The van der Waals surface area contributed by atoms with Crippen molar-refractivity contribution in [3.8, 4) is 6.07 Å². The fourth-order valence-corrected chi connectivity index (χ4v) is 3.51. The number of fused-ring (bicyclic) bond motifs is 2. The number of nitriles is 1. The summed E-state index contributed by atoms with van der Waals surface area (Å²) in [6, 6.07) is 6.81. The van der Waals surface area contributed by atoms with E-state index in [-0.39, 0.29) is 12.1 Å². The Morgan fingerprint density at radius 3 is 2.58 bits per heavy atom. The fourth-order valence-electron chi connectivity index (χ4n) is 3.51. The lowest BCUT2D eigenvalue weighted by Crippen LogP contribution is -2.54. The predicted octanol–water partition coefficient (Wildman–Crippen LogP) is 2.19. The van der Waals surface area contributed by atoms with E-state index in [0.29, 0.717) is 24.0 Å². The van der Waals surface area contributed by atoms with Gasteiger partial charge in [-0.05, 0) is 37.8 Å². The highest BCUT2D eigenvalue weighted by Crippen LogP contribution is 2.40. The van der Waals surface area contributed by atoms with Gasteiger partial charge in [-0.25, -0.2) is 4.39 Å². The maximum atomic E-state index is 14.1. The molecule has 0 saturated carbocycles. The first-order valence-electron chi connectivity index (χ1n) is 6.79. The van der Waals surface area contributed by atoms with Gasteiger partial charge in [-0.3, -0.25) is 0 Å². The van der Waals surface area contributed by atoms with Gasteiger partial charge in [0.05, 0.1) is 17.2 Å². The smallest absolute Gasteiger partial charge is 0.130 e.